The summed E-state index contributed by atoms with van der Waals surface area (Å²) < 4.78 is 8.93. The molecule has 0 aliphatic rings. The molecule has 0 fully saturated rings. The Kier molecular flexibility index (Phi) is 5.60. The number of benzene rings is 7. The van der Waals surface area contributed by atoms with Gasteiger partial charge in [-0.2, -0.15) is 0 Å². The molecule has 0 N–H and O–H groups in total. The van der Waals surface area contributed by atoms with Gasteiger partial charge < -0.3 is 8.82 Å². The molecule has 0 aliphatic carbocycles. The smallest absolute Gasteiger partial charge is 0.227 e. The Hall–Kier alpha value is -6.85. The lowest BCUT2D eigenvalue weighted by Crippen LogP contribution is -1.95. The van der Waals surface area contributed by atoms with E-state index in [1.165, 1.54) is 5.39 Å². The molecule has 7 aromatic carbocycles. The van der Waals surface area contributed by atoms with E-state index in [4.69, 9.17) is 19.4 Å². The van der Waals surface area contributed by atoms with E-state index in [1.54, 1.807) is 0 Å². The Bertz CT molecular complexity index is 3090. The molecule has 5 nitrogen and oxygen atoms in total. The van der Waals surface area contributed by atoms with E-state index in [0.717, 1.165) is 88.2 Å². The zero-order valence-corrected chi connectivity index (χ0v) is 26.7. The minimum absolute atomic E-state index is 0.633. The van der Waals surface area contributed by atoms with E-state index >= 15 is 0 Å². The SMILES string of the molecule is c1ccc(-c2nc3cc4c5cc(-c6cccc(-c7nc(-c8ccccc8)c8ccccc8n7)c6)ccc5n5c6ccccc6c(c3o2)c45)cc1. The minimum Gasteiger partial charge on any atom is -0.435 e. The van der Waals surface area contributed by atoms with Crippen molar-refractivity contribution in [3.05, 3.63) is 158 Å². The van der Waals surface area contributed by atoms with Gasteiger partial charge >= 0.3 is 0 Å². The van der Waals surface area contributed by atoms with Crippen molar-refractivity contribution in [3.8, 4) is 45.2 Å². The number of para-hydroxylation sites is 2. The van der Waals surface area contributed by atoms with Crippen LogP contribution in [0.2, 0.25) is 0 Å². The number of nitrogens with zero attached hydrogens (tertiary/aromatic N) is 4. The average Bonchev–Trinajstić information content (AvgIpc) is 3.87. The van der Waals surface area contributed by atoms with Crippen molar-refractivity contribution in [2.45, 2.75) is 0 Å². The zero-order chi connectivity index (χ0) is 32.8. The second-order valence-electron chi connectivity index (χ2n) is 12.8. The molecular formula is C45H26N4O. The number of aromatic nitrogens is 4. The predicted molar refractivity (Wildman–Crippen MR) is 204 cm³/mol. The van der Waals surface area contributed by atoms with Crippen molar-refractivity contribution < 1.29 is 4.42 Å². The first-order valence-corrected chi connectivity index (χ1v) is 16.8. The highest BCUT2D eigenvalue weighted by molar-refractivity contribution is 6.30. The monoisotopic (exact) mass is 638 g/mol. The molecule has 0 unspecified atom stereocenters. The van der Waals surface area contributed by atoms with E-state index in [0.29, 0.717) is 11.7 Å². The highest BCUT2D eigenvalue weighted by Gasteiger charge is 2.23. The summed E-state index contributed by atoms with van der Waals surface area (Å²) in [4.78, 5) is 15.2. The molecule has 11 aromatic rings. The second-order valence-corrected chi connectivity index (χ2v) is 12.8. The summed E-state index contributed by atoms with van der Waals surface area (Å²) in [6.45, 7) is 0. The Morgan fingerprint density at radius 1 is 0.420 bits per heavy atom. The molecule has 0 aliphatic heterocycles. The van der Waals surface area contributed by atoms with Crippen molar-refractivity contribution in [2.24, 2.45) is 0 Å². The fraction of sp³-hybridized carbons (Fsp3) is 0. The van der Waals surface area contributed by atoms with E-state index < -0.39 is 0 Å². The van der Waals surface area contributed by atoms with Crippen LogP contribution >= 0.6 is 0 Å². The lowest BCUT2D eigenvalue weighted by atomic mass is 9.99. The second kappa shape index (κ2) is 10.3. The van der Waals surface area contributed by atoms with Crippen LogP contribution in [-0.4, -0.2) is 19.4 Å². The van der Waals surface area contributed by atoms with Gasteiger partial charge in [-0.25, -0.2) is 15.0 Å². The fourth-order valence-corrected chi connectivity index (χ4v) is 7.68. The summed E-state index contributed by atoms with van der Waals surface area (Å²) in [7, 11) is 0. The van der Waals surface area contributed by atoms with Crippen molar-refractivity contribution in [3.63, 3.8) is 0 Å². The molecule has 11 rings (SSSR count). The largest absolute Gasteiger partial charge is 0.435 e. The molecule has 50 heavy (non-hydrogen) atoms. The summed E-state index contributed by atoms with van der Waals surface area (Å²) in [6, 6.07) is 54.8. The van der Waals surface area contributed by atoms with E-state index in [9.17, 15) is 0 Å². The lowest BCUT2D eigenvalue weighted by Gasteiger charge is -2.10. The van der Waals surface area contributed by atoms with E-state index in [1.807, 2.05) is 48.5 Å². The molecule has 0 spiro atoms. The van der Waals surface area contributed by atoms with Gasteiger partial charge in [-0.15, -0.1) is 0 Å². The van der Waals surface area contributed by atoms with Crippen LogP contribution in [0.25, 0.3) is 105 Å². The van der Waals surface area contributed by atoms with Gasteiger partial charge in [0.1, 0.15) is 5.52 Å². The molecule has 0 radical (unpaired) electrons. The highest BCUT2D eigenvalue weighted by Crippen LogP contribution is 2.44. The summed E-state index contributed by atoms with van der Waals surface area (Å²) in [6.07, 6.45) is 0. The maximum Gasteiger partial charge on any atom is 0.227 e. The Morgan fingerprint density at radius 2 is 1.10 bits per heavy atom. The molecule has 0 saturated heterocycles. The van der Waals surface area contributed by atoms with Crippen LogP contribution < -0.4 is 0 Å². The minimum atomic E-state index is 0.633. The Labute approximate surface area is 286 Å². The molecule has 4 aromatic heterocycles. The van der Waals surface area contributed by atoms with Gasteiger partial charge in [-0.3, -0.25) is 0 Å². The third-order valence-electron chi connectivity index (χ3n) is 9.94. The zero-order valence-electron chi connectivity index (χ0n) is 26.7. The maximum atomic E-state index is 6.55. The number of hydrogen-bond acceptors (Lipinski definition) is 4. The van der Waals surface area contributed by atoms with Crippen molar-refractivity contribution in [2.75, 3.05) is 0 Å². The van der Waals surface area contributed by atoms with Crippen LogP contribution in [0.5, 0.6) is 0 Å². The maximum absolute atomic E-state index is 6.55. The van der Waals surface area contributed by atoms with Crippen LogP contribution in [0.3, 0.4) is 0 Å². The van der Waals surface area contributed by atoms with Crippen LogP contribution in [0.1, 0.15) is 0 Å². The fourth-order valence-electron chi connectivity index (χ4n) is 7.68. The third kappa shape index (κ3) is 3.92. The normalized spacial score (nSPS) is 12.0. The molecule has 232 valence electrons. The van der Waals surface area contributed by atoms with Gasteiger partial charge in [0.2, 0.25) is 5.89 Å². The predicted octanol–water partition coefficient (Wildman–Crippen LogP) is 11.6. The van der Waals surface area contributed by atoms with E-state index in [2.05, 4.69) is 114 Å². The van der Waals surface area contributed by atoms with Gasteiger partial charge in [0.15, 0.2) is 11.4 Å². The van der Waals surface area contributed by atoms with Gasteiger partial charge in [0.05, 0.1) is 33.1 Å². The summed E-state index contributed by atoms with van der Waals surface area (Å²) in [5.41, 5.74) is 12.3. The van der Waals surface area contributed by atoms with Crippen molar-refractivity contribution in [1.82, 2.24) is 19.4 Å². The lowest BCUT2D eigenvalue weighted by molar-refractivity contribution is 0.623. The van der Waals surface area contributed by atoms with Crippen molar-refractivity contribution >= 4 is 60.1 Å². The van der Waals surface area contributed by atoms with E-state index in [-0.39, 0.29) is 0 Å². The van der Waals surface area contributed by atoms with Gasteiger partial charge in [0.25, 0.3) is 0 Å². The summed E-state index contributed by atoms with van der Waals surface area (Å²) >= 11 is 0. The number of oxazole rings is 1. The number of hydrogen-bond donors (Lipinski definition) is 0. The Morgan fingerprint density at radius 3 is 1.96 bits per heavy atom. The number of fused-ring (bicyclic) bond motifs is 9. The molecule has 4 heterocycles. The van der Waals surface area contributed by atoms with Gasteiger partial charge in [-0.1, -0.05) is 109 Å². The topological polar surface area (TPSA) is 56.2 Å². The molecule has 0 amide bonds. The van der Waals surface area contributed by atoms with Gasteiger partial charge in [-0.05, 0) is 59.7 Å². The van der Waals surface area contributed by atoms with Gasteiger partial charge in [0, 0.05) is 38.2 Å². The van der Waals surface area contributed by atoms with Crippen molar-refractivity contribution in [1.29, 1.82) is 0 Å². The Balaban J connectivity index is 1.11. The molecule has 5 heteroatoms. The number of rotatable bonds is 4. The van der Waals surface area contributed by atoms with Crippen LogP contribution in [0.4, 0.5) is 0 Å². The standard InChI is InChI=1S/C45H26N4O/c1-3-12-27(13-4-1)41-32-18-7-9-20-36(32)46-44(48-41)31-17-11-16-29(24-31)30-22-23-39-34(25-30)35-26-37-43(50-45(47-37)28-14-5-2-6-15-28)40-33-19-8-10-21-38(33)49(39)42(35)40/h1-26H. The first-order valence-electron chi connectivity index (χ1n) is 16.8. The summed E-state index contributed by atoms with van der Waals surface area (Å²) in [5, 5.41) is 5.65. The third-order valence-corrected chi connectivity index (χ3v) is 9.94. The molecule has 0 atom stereocenters. The quantitative estimate of drug-likeness (QED) is 0.192. The van der Waals surface area contributed by atoms with Crippen LogP contribution in [0, 0.1) is 0 Å². The molecule has 0 bridgehead atoms. The first-order chi connectivity index (χ1) is 24.8. The molecule has 0 saturated carbocycles. The van der Waals surface area contributed by atoms with Crippen LogP contribution in [-0.2, 0) is 0 Å². The summed E-state index contributed by atoms with van der Waals surface area (Å²) in [5.74, 6) is 1.34. The van der Waals surface area contributed by atoms with Crippen LogP contribution in [0.15, 0.2) is 162 Å². The molecular weight excluding hydrogens is 613 g/mol. The first kappa shape index (κ1) is 27.1. The highest BCUT2D eigenvalue weighted by atomic mass is 16.3. The average molecular weight is 639 g/mol.